The molecule has 3 aromatic carbocycles. The van der Waals surface area contributed by atoms with Crippen LogP contribution in [0.25, 0.3) is 11.1 Å². The zero-order chi connectivity index (χ0) is 23.5. The Hall–Kier alpha value is -2.62. The second kappa shape index (κ2) is 10.3. The number of rotatable bonds is 7. The minimum atomic E-state index is -0.225. The molecule has 176 valence electrons. The van der Waals surface area contributed by atoms with Gasteiger partial charge in [0.1, 0.15) is 5.75 Å². The lowest BCUT2D eigenvalue weighted by molar-refractivity contribution is 0.0968. The number of hydrogen-bond acceptors (Lipinski definition) is 2. The van der Waals surface area contributed by atoms with E-state index in [0.717, 1.165) is 55.9 Å². The average molecular weight is 476 g/mol. The third-order valence-corrected chi connectivity index (χ3v) is 7.47. The van der Waals surface area contributed by atoms with E-state index in [1.165, 1.54) is 33.4 Å². The van der Waals surface area contributed by atoms with Crippen molar-refractivity contribution in [2.45, 2.75) is 32.1 Å². The van der Waals surface area contributed by atoms with Crippen LogP contribution in [0.3, 0.4) is 0 Å². The molecule has 0 aromatic heterocycles. The second-order valence-corrected chi connectivity index (χ2v) is 10.0. The number of alkyl halides is 1. The maximum absolute atomic E-state index is 12.4. The molecule has 5 rings (SSSR count). The normalized spacial score (nSPS) is 16.8. The van der Waals surface area contributed by atoms with Gasteiger partial charge in [0.15, 0.2) is 0 Å². The maximum Gasteiger partial charge on any atom is 0.115 e. The van der Waals surface area contributed by atoms with Gasteiger partial charge in [-0.05, 0) is 95.2 Å². The quantitative estimate of drug-likeness (QED) is 0.391. The molecule has 3 aromatic rings. The number of nitrogens with zero attached hydrogens (tertiary/aromatic N) is 1. The molecule has 0 saturated carbocycles. The lowest BCUT2D eigenvalue weighted by Gasteiger charge is -2.39. The molecule has 2 aliphatic rings. The number of phenols is 1. The standard InChI is InChI=1S/C30H31ClFNO/c31-29-8-2-1-6-27(29)28-7-3-5-24-18-25(34)13-14-26(24)30(28)23-11-9-21(10-12-23)17-22-19-33(20-22)16-4-15-32/h1-2,6,8-14,18,22,34H,3-5,7,15-17,19-20H2. The van der Waals surface area contributed by atoms with Crippen LogP contribution in [0.1, 0.15) is 47.1 Å². The van der Waals surface area contributed by atoms with E-state index in [4.69, 9.17) is 11.6 Å². The zero-order valence-electron chi connectivity index (χ0n) is 19.4. The van der Waals surface area contributed by atoms with Crippen molar-refractivity contribution >= 4 is 22.7 Å². The molecule has 0 radical (unpaired) electrons. The number of benzene rings is 3. The first-order chi connectivity index (χ1) is 16.6. The summed E-state index contributed by atoms with van der Waals surface area (Å²) in [5, 5.41) is 10.9. The van der Waals surface area contributed by atoms with Crippen molar-refractivity contribution in [1.29, 1.82) is 0 Å². The zero-order valence-corrected chi connectivity index (χ0v) is 20.2. The molecule has 2 nitrogen and oxygen atoms in total. The van der Waals surface area contributed by atoms with E-state index in [1.54, 1.807) is 6.07 Å². The van der Waals surface area contributed by atoms with Crippen LogP contribution in [0, 0.1) is 5.92 Å². The molecule has 1 saturated heterocycles. The van der Waals surface area contributed by atoms with E-state index in [2.05, 4.69) is 41.3 Å². The van der Waals surface area contributed by atoms with Gasteiger partial charge in [-0.1, -0.05) is 60.1 Å². The van der Waals surface area contributed by atoms with Crippen LogP contribution >= 0.6 is 11.6 Å². The number of allylic oxidation sites excluding steroid dienone is 1. The lowest BCUT2D eigenvalue weighted by Crippen LogP contribution is -2.47. The highest BCUT2D eigenvalue weighted by molar-refractivity contribution is 6.32. The van der Waals surface area contributed by atoms with Crippen LogP contribution in [-0.4, -0.2) is 36.3 Å². The van der Waals surface area contributed by atoms with Crippen LogP contribution in [-0.2, 0) is 12.8 Å². The molecule has 0 amide bonds. The molecule has 34 heavy (non-hydrogen) atoms. The molecule has 0 unspecified atom stereocenters. The molecule has 1 fully saturated rings. The molecule has 1 aliphatic carbocycles. The Labute approximate surface area is 206 Å². The van der Waals surface area contributed by atoms with Gasteiger partial charge in [-0.3, -0.25) is 4.39 Å². The fourth-order valence-corrected chi connectivity index (χ4v) is 5.74. The molecule has 4 heteroatoms. The summed E-state index contributed by atoms with van der Waals surface area (Å²) in [6, 6.07) is 22.8. The lowest BCUT2D eigenvalue weighted by atomic mass is 9.86. The average Bonchev–Trinajstić information content (AvgIpc) is 3.00. The first-order valence-corrected chi connectivity index (χ1v) is 12.7. The summed E-state index contributed by atoms with van der Waals surface area (Å²) in [6.45, 7) is 2.79. The summed E-state index contributed by atoms with van der Waals surface area (Å²) in [4.78, 5) is 2.34. The first kappa shape index (κ1) is 23.1. The van der Waals surface area contributed by atoms with Crippen LogP contribution in [0.4, 0.5) is 4.39 Å². The molecule has 1 aliphatic heterocycles. The van der Waals surface area contributed by atoms with Crippen molar-refractivity contribution in [2.75, 3.05) is 26.3 Å². The Bertz CT molecular complexity index is 1180. The van der Waals surface area contributed by atoms with Gasteiger partial charge < -0.3 is 10.0 Å². The molecule has 0 bridgehead atoms. The predicted molar refractivity (Wildman–Crippen MR) is 139 cm³/mol. The summed E-state index contributed by atoms with van der Waals surface area (Å²) in [5.41, 5.74) is 8.47. The van der Waals surface area contributed by atoms with Gasteiger partial charge in [0.25, 0.3) is 0 Å². The first-order valence-electron chi connectivity index (χ1n) is 12.3. The molecular weight excluding hydrogens is 445 g/mol. The Morgan fingerprint density at radius 3 is 2.50 bits per heavy atom. The molecular formula is C30H31ClFNO. The molecule has 0 spiro atoms. The summed E-state index contributed by atoms with van der Waals surface area (Å²) < 4.78 is 12.4. The number of aromatic hydroxyl groups is 1. The number of aryl methyl sites for hydroxylation is 1. The Morgan fingerprint density at radius 2 is 1.74 bits per heavy atom. The summed E-state index contributed by atoms with van der Waals surface area (Å²) >= 11 is 6.67. The fraction of sp³-hybridized carbons (Fsp3) is 0.333. The van der Waals surface area contributed by atoms with Crippen LogP contribution in [0.2, 0.25) is 5.02 Å². The Balaban J connectivity index is 1.47. The van der Waals surface area contributed by atoms with Crippen molar-refractivity contribution in [3.05, 3.63) is 99.6 Å². The Kier molecular flexibility index (Phi) is 7.03. The summed E-state index contributed by atoms with van der Waals surface area (Å²) in [7, 11) is 0. The molecule has 1 heterocycles. The molecule has 0 atom stereocenters. The number of hydrogen-bond donors (Lipinski definition) is 1. The van der Waals surface area contributed by atoms with Gasteiger partial charge in [-0.2, -0.15) is 0 Å². The van der Waals surface area contributed by atoms with E-state index in [1.807, 2.05) is 24.3 Å². The summed E-state index contributed by atoms with van der Waals surface area (Å²) in [6.07, 6.45) is 4.59. The van der Waals surface area contributed by atoms with Gasteiger partial charge in [-0.15, -0.1) is 0 Å². The van der Waals surface area contributed by atoms with E-state index in [-0.39, 0.29) is 6.67 Å². The third kappa shape index (κ3) is 4.92. The third-order valence-electron chi connectivity index (χ3n) is 7.14. The highest BCUT2D eigenvalue weighted by atomic mass is 35.5. The minimum Gasteiger partial charge on any atom is -0.508 e. The van der Waals surface area contributed by atoms with Gasteiger partial charge in [0, 0.05) is 24.7 Å². The van der Waals surface area contributed by atoms with E-state index in [0.29, 0.717) is 18.1 Å². The fourth-order valence-electron chi connectivity index (χ4n) is 5.49. The SMILES string of the molecule is Oc1ccc2c(c1)CCCC(c1ccccc1Cl)=C2c1ccc(CC2CN(CCCF)C2)cc1. The van der Waals surface area contributed by atoms with Gasteiger partial charge in [-0.25, -0.2) is 0 Å². The van der Waals surface area contributed by atoms with E-state index < -0.39 is 0 Å². The predicted octanol–water partition coefficient (Wildman–Crippen LogP) is 7.17. The van der Waals surface area contributed by atoms with E-state index in [9.17, 15) is 9.50 Å². The van der Waals surface area contributed by atoms with Gasteiger partial charge >= 0.3 is 0 Å². The van der Waals surface area contributed by atoms with Crippen molar-refractivity contribution in [2.24, 2.45) is 5.92 Å². The highest BCUT2D eigenvalue weighted by Crippen LogP contribution is 2.42. The largest absolute Gasteiger partial charge is 0.508 e. The topological polar surface area (TPSA) is 23.5 Å². The van der Waals surface area contributed by atoms with Crippen LogP contribution in [0.5, 0.6) is 5.75 Å². The monoisotopic (exact) mass is 475 g/mol. The molecule has 1 N–H and O–H groups in total. The van der Waals surface area contributed by atoms with Crippen molar-refractivity contribution in [3.8, 4) is 5.75 Å². The van der Waals surface area contributed by atoms with Crippen molar-refractivity contribution in [1.82, 2.24) is 4.90 Å². The maximum atomic E-state index is 12.4. The number of fused-ring (bicyclic) bond motifs is 1. The highest BCUT2D eigenvalue weighted by Gasteiger charge is 2.26. The van der Waals surface area contributed by atoms with Gasteiger partial charge in [0.2, 0.25) is 0 Å². The number of likely N-dealkylation sites (tertiary alicyclic amines) is 1. The van der Waals surface area contributed by atoms with E-state index >= 15 is 0 Å². The second-order valence-electron chi connectivity index (χ2n) is 9.60. The van der Waals surface area contributed by atoms with Crippen molar-refractivity contribution < 1.29 is 9.50 Å². The van der Waals surface area contributed by atoms with Gasteiger partial charge in [0.05, 0.1) is 6.67 Å². The number of halogens is 2. The number of phenolic OH excluding ortho intramolecular Hbond substituents is 1. The van der Waals surface area contributed by atoms with Crippen molar-refractivity contribution in [3.63, 3.8) is 0 Å². The summed E-state index contributed by atoms with van der Waals surface area (Å²) in [5.74, 6) is 0.973. The Morgan fingerprint density at radius 1 is 0.941 bits per heavy atom. The smallest absolute Gasteiger partial charge is 0.115 e. The van der Waals surface area contributed by atoms with Crippen LogP contribution in [0.15, 0.2) is 66.7 Å². The van der Waals surface area contributed by atoms with Crippen LogP contribution < -0.4 is 0 Å². The minimum absolute atomic E-state index is 0.225.